The highest BCUT2D eigenvalue weighted by Crippen LogP contribution is 2.31. The van der Waals surface area contributed by atoms with Crippen molar-refractivity contribution in [3.05, 3.63) is 60.2 Å². The van der Waals surface area contributed by atoms with Gasteiger partial charge in [-0.1, -0.05) is 68.5 Å². The highest BCUT2D eigenvalue weighted by Gasteiger charge is 2.35. The highest BCUT2D eigenvalue weighted by atomic mass is 16.4. The second-order valence-corrected chi connectivity index (χ2v) is 8.15. The molecule has 2 rings (SSSR count). The van der Waals surface area contributed by atoms with Crippen LogP contribution in [0.3, 0.4) is 0 Å². The Morgan fingerprint density at radius 2 is 1.93 bits per heavy atom. The van der Waals surface area contributed by atoms with E-state index in [2.05, 4.69) is 0 Å². The molecule has 1 fully saturated rings. The second kappa shape index (κ2) is 10.4. The van der Waals surface area contributed by atoms with E-state index in [-0.39, 0.29) is 17.1 Å². The zero-order chi connectivity index (χ0) is 20.6. The van der Waals surface area contributed by atoms with Crippen molar-refractivity contribution < 1.29 is 19.8 Å². The number of benzene rings is 1. The number of aliphatic hydroxyl groups excluding tert-OH is 1. The number of aliphatic hydroxyl groups is 1. The van der Waals surface area contributed by atoms with Crippen LogP contribution in [-0.2, 0) is 15.0 Å². The molecule has 4 heteroatoms. The molecule has 0 aliphatic heterocycles. The number of carbonyl (C=O) groups excluding carboxylic acids is 1. The Bertz CT molecular complexity index is 703. The van der Waals surface area contributed by atoms with Gasteiger partial charge < -0.3 is 10.2 Å². The quantitative estimate of drug-likeness (QED) is 0.575. The van der Waals surface area contributed by atoms with Crippen molar-refractivity contribution in [2.45, 2.75) is 63.9 Å². The molecule has 0 bridgehead atoms. The van der Waals surface area contributed by atoms with Gasteiger partial charge in [0.25, 0.3) is 0 Å². The molecule has 3 atom stereocenters. The van der Waals surface area contributed by atoms with Gasteiger partial charge in [0.1, 0.15) is 5.78 Å². The molecule has 2 N–H and O–H groups in total. The molecule has 0 amide bonds. The van der Waals surface area contributed by atoms with Crippen LogP contribution in [0, 0.1) is 11.8 Å². The monoisotopic (exact) mass is 384 g/mol. The minimum atomic E-state index is -0.861. The summed E-state index contributed by atoms with van der Waals surface area (Å²) < 4.78 is 0. The smallest absolute Gasteiger partial charge is 0.307 e. The van der Waals surface area contributed by atoms with Crippen LogP contribution in [0.2, 0.25) is 0 Å². The van der Waals surface area contributed by atoms with E-state index in [4.69, 9.17) is 0 Å². The van der Waals surface area contributed by atoms with Gasteiger partial charge in [-0.3, -0.25) is 9.59 Å². The normalized spacial score (nSPS) is 20.1. The molecule has 1 aliphatic carbocycles. The van der Waals surface area contributed by atoms with E-state index in [1.54, 1.807) is 0 Å². The molecule has 1 aromatic carbocycles. The molecule has 1 aliphatic rings. The summed E-state index contributed by atoms with van der Waals surface area (Å²) in [5.41, 5.74) is 0.716. The fourth-order valence-corrected chi connectivity index (χ4v) is 3.82. The van der Waals surface area contributed by atoms with Crippen molar-refractivity contribution in [2.75, 3.05) is 0 Å². The lowest BCUT2D eigenvalue weighted by Gasteiger charge is -2.29. The third kappa shape index (κ3) is 5.90. The van der Waals surface area contributed by atoms with Crippen LogP contribution in [0.15, 0.2) is 54.6 Å². The van der Waals surface area contributed by atoms with Crippen LogP contribution in [0.4, 0.5) is 0 Å². The van der Waals surface area contributed by atoms with E-state index >= 15 is 0 Å². The van der Waals surface area contributed by atoms with Crippen LogP contribution < -0.4 is 0 Å². The zero-order valence-corrected chi connectivity index (χ0v) is 16.9. The number of aliphatic carboxylic acids is 1. The average molecular weight is 385 g/mol. The first-order valence-electron chi connectivity index (χ1n) is 10.1. The van der Waals surface area contributed by atoms with Gasteiger partial charge in [0.15, 0.2) is 0 Å². The Kier molecular flexibility index (Phi) is 8.18. The van der Waals surface area contributed by atoms with Crippen molar-refractivity contribution in [1.29, 1.82) is 0 Å². The van der Waals surface area contributed by atoms with Gasteiger partial charge >= 0.3 is 5.97 Å². The molecule has 0 unspecified atom stereocenters. The summed E-state index contributed by atoms with van der Waals surface area (Å²) in [4.78, 5) is 23.3. The van der Waals surface area contributed by atoms with Gasteiger partial charge in [-0.15, -0.1) is 0 Å². The number of allylic oxidation sites excluding steroid dienone is 3. The first kappa shape index (κ1) is 22.1. The second-order valence-electron chi connectivity index (χ2n) is 8.15. The Morgan fingerprint density at radius 3 is 2.54 bits per heavy atom. The summed E-state index contributed by atoms with van der Waals surface area (Å²) >= 11 is 0. The minimum Gasteiger partial charge on any atom is -0.481 e. The zero-order valence-electron chi connectivity index (χ0n) is 16.9. The van der Waals surface area contributed by atoms with Gasteiger partial charge in [0, 0.05) is 17.8 Å². The largest absolute Gasteiger partial charge is 0.481 e. The summed E-state index contributed by atoms with van der Waals surface area (Å²) in [7, 11) is 0. The number of Topliss-reactive ketones (excluding diaryl/α,β-unsaturated/α-hetero) is 1. The summed E-state index contributed by atoms with van der Waals surface area (Å²) in [5, 5.41) is 19.9. The van der Waals surface area contributed by atoms with E-state index in [0.717, 1.165) is 12.0 Å². The van der Waals surface area contributed by atoms with Gasteiger partial charge in [0.2, 0.25) is 0 Å². The molecule has 0 radical (unpaired) electrons. The third-order valence-electron chi connectivity index (χ3n) is 5.81. The molecule has 1 aromatic rings. The standard InChI is InChI=1S/C24H32O4/c1-24(2,18-12-7-6-8-13-18)22(26)17-10-5-3-4-9-14-20(23(27)28)19-15-11-16-21(19)25/h3-4,6-8,10,12-13,17,19-20,22,26H,5,9,11,14-16H2,1-2H3,(H,27,28)/t19-,20+,22+/m1/s1. The van der Waals surface area contributed by atoms with E-state index in [1.807, 2.05) is 68.5 Å². The predicted octanol–water partition coefficient (Wildman–Crippen LogP) is 4.68. The Balaban J connectivity index is 1.78. The number of carbonyl (C=O) groups is 2. The van der Waals surface area contributed by atoms with Crippen molar-refractivity contribution in [3.63, 3.8) is 0 Å². The molecule has 0 saturated heterocycles. The molecule has 28 heavy (non-hydrogen) atoms. The number of hydrogen-bond acceptors (Lipinski definition) is 3. The maximum atomic E-state index is 11.8. The molecule has 0 heterocycles. The summed E-state index contributed by atoms with van der Waals surface area (Å²) in [6, 6.07) is 9.94. The molecular weight excluding hydrogens is 352 g/mol. The number of rotatable bonds is 10. The maximum Gasteiger partial charge on any atom is 0.307 e. The summed E-state index contributed by atoms with van der Waals surface area (Å²) in [6.07, 6.45) is 11.0. The van der Waals surface area contributed by atoms with Gasteiger partial charge in [-0.05, 0) is 37.7 Å². The maximum absolute atomic E-state index is 11.8. The van der Waals surface area contributed by atoms with Crippen LogP contribution in [0.25, 0.3) is 0 Å². The average Bonchev–Trinajstić information content (AvgIpc) is 3.09. The van der Waals surface area contributed by atoms with Gasteiger partial charge in [-0.2, -0.15) is 0 Å². The Hall–Kier alpha value is -2.20. The number of carboxylic acid groups (broad SMARTS) is 1. The third-order valence-corrected chi connectivity index (χ3v) is 5.81. The fourth-order valence-electron chi connectivity index (χ4n) is 3.82. The molecule has 0 aromatic heterocycles. The lowest BCUT2D eigenvalue weighted by Crippen LogP contribution is -2.31. The molecule has 4 nitrogen and oxygen atoms in total. The van der Waals surface area contributed by atoms with Crippen molar-refractivity contribution in [2.24, 2.45) is 11.8 Å². The van der Waals surface area contributed by atoms with Crippen LogP contribution in [0.1, 0.15) is 57.9 Å². The van der Waals surface area contributed by atoms with Crippen LogP contribution in [0.5, 0.6) is 0 Å². The van der Waals surface area contributed by atoms with Crippen molar-refractivity contribution >= 4 is 11.8 Å². The number of hydrogen-bond donors (Lipinski definition) is 2. The van der Waals surface area contributed by atoms with Crippen LogP contribution in [-0.4, -0.2) is 28.1 Å². The number of carboxylic acids is 1. The molecule has 152 valence electrons. The van der Waals surface area contributed by atoms with Gasteiger partial charge in [0.05, 0.1) is 12.0 Å². The topological polar surface area (TPSA) is 74.6 Å². The Morgan fingerprint density at radius 1 is 1.21 bits per heavy atom. The molecule has 0 spiro atoms. The van der Waals surface area contributed by atoms with Crippen molar-refractivity contribution in [3.8, 4) is 0 Å². The first-order valence-corrected chi connectivity index (χ1v) is 10.1. The highest BCUT2D eigenvalue weighted by molar-refractivity contribution is 5.87. The van der Waals surface area contributed by atoms with E-state index < -0.39 is 18.0 Å². The first-order chi connectivity index (χ1) is 13.3. The van der Waals surface area contributed by atoms with E-state index in [9.17, 15) is 19.8 Å². The summed E-state index contributed by atoms with van der Waals surface area (Å²) in [5.74, 6) is -1.63. The fraction of sp³-hybridized carbons (Fsp3) is 0.500. The molecular formula is C24H32O4. The number of ketones is 1. The summed E-state index contributed by atoms with van der Waals surface area (Å²) in [6.45, 7) is 4.03. The molecule has 1 saturated carbocycles. The lowest BCUT2D eigenvalue weighted by molar-refractivity contribution is -0.146. The predicted molar refractivity (Wildman–Crippen MR) is 111 cm³/mol. The SMILES string of the molecule is CC(C)(c1ccccc1)[C@@H](O)C=CCC=CCC[C@H](C(=O)O)[C@H]1CCCC1=O. The minimum absolute atomic E-state index is 0.106. The van der Waals surface area contributed by atoms with Crippen LogP contribution >= 0.6 is 0 Å². The van der Waals surface area contributed by atoms with E-state index in [0.29, 0.717) is 32.1 Å². The van der Waals surface area contributed by atoms with E-state index in [1.165, 1.54) is 0 Å². The van der Waals surface area contributed by atoms with Gasteiger partial charge in [-0.25, -0.2) is 0 Å². The lowest BCUT2D eigenvalue weighted by atomic mass is 9.79. The Labute approximate surface area is 168 Å². The van der Waals surface area contributed by atoms with Crippen molar-refractivity contribution in [1.82, 2.24) is 0 Å².